The molecule has 110 valence electrons. The van der Waals surface area contributed by atoms with Gasteiger partial charge in [0.2, 0.25) is 0 Å². The smallest absolute Gasteiger partial charge is 0.338 e. The highest BCUT2D eigenvalue weighted by Crippen LogP contribution is 2.27. The van der Waals surface area contributed by atoms with Gasteiger partial charge in [0.1, 0.15) is 10.8 Å². The predicted molar refractivity (Wildman–Crippen MR) is 81.7 cm³/mol. The molecule has 1 heterocycles. The van der Waals surface area contributed by atoms with E-state index in [2.05, 4.69) is 10.6 Å². The highest BCUT2D eigenvalue weighted by Gasteiger charge is 2.14. The minimum Gasteiger partial charge on any atom is -0.495 e. The first-order valence-corrected chi connectivity index (χ1v) is 6.92. The number of carbonyl (C=O) groups excluding carboxylic acids is 1. The number of anilines is 2. The fourth-order valence-electron chi connectivity index (χ4n) is 1.73. The second-order valence-corrected chi connectivity index (χ2v) is 5.17. The molecule has 1 aromatic carbocycles. The van der Waals surface area contributed by atoms with Crippen LogP contribution in [0.15, 0.2) is 29.6 Å². The SMILES string of the molecule is COc1cc(C)ccc1NC(=O)Nc1sccc1C(=O)O. The third-order valence-corrected chi connectivity index (χ3v) is 3.56. The summed E-state index contributed by atoms with van der Waals surface area (Å²) in [5, 5.41) is 16.0. The number of benzene rings is 1. The van der Waals surface area contributed by atoms with Crippen LogP contribution in [0.2, 0.25) is 0 Å². The Bertz CT molecular complexity index is 681. The normalized spacial score (nSPS) is 10.0. The Kier molecular flexibility index (Phi) is 4.44. The van der Waals surface area contributed by atoms with Crippen molar-refractivity contribution in [2.24, 2.45) is 0 Å². The van der Waals surface area contributed by atoms with Crippen LogP contribution in [-0.2, 0) is 0 Å². The van der Waals surface area contributed by atoms with Gasteiger partial charge in [-0.15, -0.1) is 11.3 Å². The monoisotopic (exact) mass is 306 g/mol. The minimum atomic E-state index is -1.08. The van der Waals surface area contributed by atoms with Gasteiger partial charge in [0.05, 0.1) is 18.4 Å². The molecule has 0 unspecified atom stereocenters. The minimum absolute atomic E-state index is 0.0611. The van der Waals surface area contributed by atoms with Crippen LogP contribution in [0.4, 0.5) is 15.5 Å². The molecule has 0 bridgehead atoms. The van der Waals surface area contributed by atoms with E-state index in [0.717, 1.165) is 16.9 Å². The third-order valence-electron chi connectivity index (χ3n) is 2.73. The average Bonchev–Trinajstić information content (AvgIpc) is 2.89. The van der Waals surface area contributed by atoms with Crippen molar-refractivity contribution in [3.05, 3.63) is 40.8 Å². The summed E-state index contributed by atoms with van der Waals surface area (Å²) in [4.78, 5) is 22.9. The zero-order valence-electron chi connectivity index (χ0n) is 11.5. The van der Waals surface area contributed by atoms with Crippen molar-refractivity contribution >= 4 is 34.0 Å². The molecule has 0 aliphatic carbocycles. The van der Waals surface area contributed by atoms with Crippen LogP contribution in [0.1, 0.15) is 15.9 Å². The molecule has 2 aromatic rings. The lowest BCUT2D eigenvalue weighted by Crippen LogP contribution is -2.20. The number of carboxylic acids is 1. The fraction of sp³-hybridized carbons (Fsp3) is 0.143. The van der Waals surface area contributed by atoms with E-state index in [1.807, 2.05) is 13.0 Å². The number of thiophene rings is 1. The van der Waals surface area contributed by atoms with Gasteiger partial charge in [0.15, 0.2) is 0 Å². The summed E-state index contributed by atoms with van der Waals surface area (Å²) in [5.41, 5.74) is 1.57. The second kappa shape index (κ2) is 6.27. The lowest BCUT2D eigenvalue weighted by molar-refractivity contribution is 0.0698. The fourth-order valence-corrected chi connectivity index (χ4v) is 2.51. The van der Waals surface area contributed by atoms with Gasteiger partial charge in [0, 0.05) is 0 Å². The van der Waals surface area contributed by atoms with Gasteiger partial charge >= 0.3 is 12.0 Å². The van der Waals surface area contributed by atoms with E-state index in [1.165, 1.54) is 13.2 Å². The summed E-state index contributed by atoms with van der Waals surface area (Å²) in [6, 6.07) is 6.27. The number of urea groups is 1. The van der Waals surface area contributed by atoms with Crippen molar-refractivity contribution in [1.82, 2.24) is 0 Å². The number of methoxy groups -OCH3 is 1. The molecule has 0 radical (unpaired) electrons. The maximum atomic E-state index is 11.9. The molecular formula is C14H14N2O4S. The van der Waals surface area contributed by atoms with Crippen LogP contribution in [0, 0.1) is 6.92 Å². The number of amides is 2. The van der Waals surface area contributed by atoms with Crippen LogP contribution in [-0.4, -0.2) is 24.2 Å². The van der Waals surface area contributed by atoms with Gasteiger partial charge in [-0.3, -0.25) is 5.32 Å². The van der Waals surface area contributed by atoms with Crippen LogP contribution in [0.5, 0.6) is 5.75 Å². The Morgan fingerprint density at radius 2 is 2.00 bits per heavy atom. The molecule has 0 aliphatic rings. The van der Waals surface area contributed by atoms with Crippen LogP contribution in [0.25, 0.3) is 0 Å². The molecule has 0 aliphatic heterocycles. The summed E-state index contributed by atoms with van der Waals surface area (Å²) in [6.07, 6.45) is 0. The van der Waals surface area contributed by atoms with E-state index < -0.39 is 12.0 Å². The maximum absolute atomic E-state index is 11.9. The summed E-state index contributed by atoms with van der Waals surface area (Å²) in [5.74, 6) is -0.547. The molecule has 1 aromatic heterocycles. The van der Waals surface area contributed by atoms with Crippen molar-refractivity contribution in [3.63, 3.8) is 0 Å². The average molecular weight is 306 g/mol. The van der Waals surface area contributed by atoms with Gasteiger partial charge in [-0.1, -0.05) is 6.07 Å². The molecule has 21 heavy (non-hydrogen) atoms. The molecule has 2 amide bonds. The van der Waals surface area contributed by atoms with E-state index in [4.69, 9.17) is 9.84 Å². The van der Waals surface area contributed by atoms with Gasteiger partial charge in [-0.2, -0.15) is 0 Å². The van der Waals surface area contributed by atoms with E-state index in [9.17, 15) is 9.59 Å². The summed E-state index contributed by atoms with van der Waals surface area (Å²) < 4.78 is 5.19. The number of hydrogen-bond acceptors (Lipinski definition) is 4. The van der Waals surface area contributed by atoms with Gasteiger partial charge in [-0.05, 0) is 36.1 Å². The molecule has 0 atom stereocenters. The number of hydrogen-bond donors (Lipinski definition) is 3. The maximum Gasteiger partial charge on any atom is 0.338 e. The summed E-state index contributed by atoms with van der Waals surface area (Å²) >= 11 is 1.15. The third kappa shape index (κ3) is 3.51. The Morgan fingerprint density at radius 3 is 2.67 bits per heavy atom. The van der Waals surface area contributed by atoms with Crippen LogP contribution < -0.4 is 15.4 Å². The lowest BCUT2D eigenvalue weighted by atomic mass is 10.2. The van der Waals surface area contributed by atoms with Crippen molar-refractivity contribution < 1.29 is 19.4 Å². The van der Waals surface area contributed by atoms with Crippen molar-refractivity contribution in [2.45, 2.75) is 6.92 Å². The molecule has 0 fully saturated rings. The number of ether oxygens (including phenoxy) is 1. The van der Waals surface area contributed by atoms with Gasteiger partial charge in [0.25, 0.3) is 0 Å². The predicted octanol–water partition coefficient (Wildman–Crippen LogP) is 3.41. The van der Waals surface area contributed by atoms with Crippen molar-refractivity contribution in [1.29, 1.82) is 0 Å². The van der Waals surface area contributed by atoms with E-state index in [1.54, 1.807) is 17.5 Å². The molecule has 0 spiro atoms. The lowest BCUT2D eigenvalue weighted by Gasteiger charge is -2.11. The number of carboxylic acid groups (broad SMARTS) is 1. The second-order valence-electron chi connectivity index (χ2n) is 4.25. The topological polar surface area (TPSA) is 87.7 Å². The first-order chi connectivity index (χ1) is 10.0. The molecule has 0 saturated heterocycles. The Hall–Kier alpha value is -2.54. The number of aryl methyl sites for hydroxylation is 1. The highest BCUT2D eigenvalue weighted by molar-refractivity contribution is 7.14. The van der Waals surface area contributed by atoms with E-state index in [0.29, 0.717) is 11.4 Å². The first-order valence-electron chi connectivity index (χ1n) is 6.04. The Balaban J connectivity index is 2.12. The van der Waals surface area contributed by atoms with Crippen molar-refractivity contribution in [3.8, 4) is 5.75 Å². The van der Waals surface area contributed by atoms with Gasteiger partial charge in [-0.25, -0.2) is 9.59 Å². The Labute approximate surface area is 125 Å². The largest absolute Gasteiger partial charge is 0.495 e. The molecule has 7 heteroatoms. The van der Waals surface area contributed by atoms with E-state index >= 15 is 0 Å². The molecule has 0 saturated carbocycles. The van der Waals surface area contributed by atoms with Crippen LogP contribution >= 0.6 is 11.3 Å². The zero-order chi connectivity index (χ0) is 15.4. The van der Waals surface area contributed by atoms with E-state index in [-0.39, 0.29) is 10.6 Å². The van der Waals surface area contributed by atoms with Gasteiger partial charge < -0.3 is 15.2 Å². The standard InChI is InChI=1S/C14H14N2O4S/c1-8-3-4-10(11(7-8)20-2)15-14(19)16-12-9(13(17)18)5-6-21-12/h3-7H,1-2H3,(H,17,18)(H2,15,16,19). The molecule has 3 N–H and O–H groups in total. The Morgan fingerprint density at radius 1 is 1.24 bits per heavy atom. The molecule has 6 nitrogen and oxygen atoms in total. The summed E-state index contributed by atoms with van der Waals surface area (Å²) in [6.45, 7) is 1.91. The highest BCUT2D eigenvalue weighted by atomic mass is 32.1. The number of nitrogens with one attached hydrogen (secondary N) is 2. The first kappa shape index (κ1) is 14.9. The van der Waals surface area contributed by atoms with Crippen LogP contribution in [0.3, 0.4) is 0 Å². The molecular weight excluding hydrogens is 292 g/mol. The summed E-state index contributed by atoms with van der Waals surface area (Å²) in [7, 11) is 1.51. The number of rotatable bonds is 4. The molecule has 2 rings (SSSR count). The van der Waals surface area contributed by atoms with Crippen molar-refractivity contribution in [2.75, 3.05) is 17.7 Å². The number of carbonyl (C=O) groups is 2. The number of aromatic carboxylic acids is 1. The zero-order valence-corrected chi connectivity index (χ0v) is 12.3. The quantitative estimate of drug-likeness (QED) is 0.807.